The first-order chi connectivity index (χ1) is 6.15. The molecule has 0 rings (SSSR count). The second-order valence-electron chi connectivity index (χ2n) is 2.72. The van der Waals surface area contributed by atoms with E-state index in [0.717, 1.165) is 6.42 Å². The molecule has 5 nitrogen and oxygen atoms in total. The predicted molar refractivity (Wildman–Crippen MR) is 48.6 cm³/mol. The van der Waals surface area contributed by atoms with Gasteiger partial charge in [0.25, 0.3) is 0 Å². The second-order valence-corrected chi connectivity index (χ2v) is 2.72. The molecule has 0 fully saturated rings. The average molecular weight is 188 g/mol. The molecule has 13 heavy (non-hydrogen) atoms. The molecule has 0 bridgehead atoms. The molecule has 0 heterocycles. The van der Waals surface area contributed by atoms with Crippen LogP contribution in [0.4, 0.5) is 0 Å². The number of ether oxygens (including phenoxy) is 1. The Hall–Kier alpha value is -1.13. The summed E-state index contributed by atoms with van der Waals surface area (Å²) in [5, 5.41) is 4.06. The molecule has 0 N–H and O–H groups in total. The van der Waals surface area contributed by atoms with Gasteiger partial charge in [-0.15, -0.1) is 4.91 Å². The highest BCUT2D eigenvalue weighted by Crippen LogP contribution is 2.07. The van der Waals surface area contributed by atoms with Crippen LogP contribution in [-0.4, -0.2) is 23.8 Å². The first kappa shape index (κ1) is 11.9. The van der Waals surface area contributed by atoms with E-state index in [2.05, 4.69) is 5.29 Å². The SMILES string of the molecule is CCCN(N=O)C(CC)OC(C)=O. The van der Waals surface area contributed by atoms with E-state index in [4.69, 9.17) is 4.74 Å². The van der Waals surface area contributed by atoms with Crippen molar-refractivity contribution < 1.29 is 9.53 Å². The van der Waals surface area contributed by atoms with Gasteiger partial charge in [-0.1, -0.05) is 13.8 Å². The Kier molecular flexibility index (Phi) is 5.84. The first-order valence-corrected chi connectivity index (χ1v) is 4.42. The molecule has 0 aromatic rings. The fraction of sp³-hybridized carbons (Fsp3) is 0.875. The Morgan fingerprint density at radius 1 is 1.54 bits per heavy atom. The van der Waals surface area contributed by atoms with Gasteiger partial charge in [-0.2, -0.15) is 0 Å². The van der Waals surface area contributed by atoms with Gasteiger partial charge in [0, 0.05) is 19.9 Å². The molecule has 1 atom stereocenters. The van der Waals surface area contributed by atoms with Gasteiger partial charge in [0.1, 0.15) is 0 Å². The fourth-order valence-electron chi connectivity index (χ4n) is 1.01. The van der Waals surface area contributed by atoms with Crippen LogP contribution in [0.25, 0.3) is 0 Å². The molecule has 0 saturated heterocycles. The second kappa shape index (κ2) is 6.39. The third-order valence-corrected chi connectivity index (χ3v) is 1.54. The number of carbonyl (C=O) groups is 1. The van der Waals surface area contributed by atoms with Crippen molar-refractivity contribution in [3.63, 3.8) is 0 Å². The van der Waals surface area contributed by atoms with Gasteiger partial charge in [0.2, 0.25) is 0 Å². The van der Waals surface area contributed by atoms with E-state index in [1.807, 2.05) is 13.8 Å². The zero-order chi connectivity index (χ0) is 10.3. The van der Waals surface area contributed by atoms with Gasteiger partial charge in [-0.05, 0) is 6.42 Å². The molecule has 0 spiro atoms. The Morgan fingerprint density at radius 3 is 2.46 bits per heavy atom. The van der Waals surface area contributed by atoms with E-state index in [9.17, 15) is 9.70 Å². The summed E-state index contributed by atoms with van der Waals surface area (Å²) < 4.78 is 4.90. The lowest BCUT2D eigenvalue weighted by Gasteiger charge is -2.23. The molecular formula is C8H16N2O3. The maximum Gasteiger partial charge on any atom is 0.304 e. The number of rotatable bonds is 6. The summed E-state index contributed by atoms with van der Waals surface area (Å²) in [7, 11) is 0. The summed E-state index contributed by atoms with van der Waals surface area (Å²) in [5.41, 5.74) is 0. The Balaban J connectivity index is 4.15. The minimum absolute atomic E-state index is 0.392. The van der Waals surface area contributed by atoms with Crippen molar-refractivity contribution in [1.29, 1.82) is 0 Å². The van der Waals surface area contributed by atoms with Gasteiger partial charge in [-0.25, -0.2) is 5.01 Å². The summed E-state index contributed by atoms with van der Waals surface area (Å²) in [5.74, 6) is -0.392. The molecule has 0 aromatic heterocycles. The zero-order valence-corrected chi connectivity index (χ0v) is 8.32. The van der Waals surface area contributed by atoms with Crippen LogP contribution >= 0.6 is 0 Å². The van der Waals surface area contributed by atoms with Gasteiger partial charge in [0.15, 0.2) is 6.23 Å². The lowest BCUT2D eigenvalue weighted by molar-refractivity contribution is -0.157. The molecular weight excluding hydrogens is 172 g/mol. The number of carbonyl (C=O) groups excluding carboxylic acids is 1. The van der Waals surface area contributed by atoms with Crippen molar-refractivity contribution in [2.45, 2.75) is 39.8 Å². The van der Waals surface area contributed by atoms with Crippen molar-refractivity contribution >= 4 is 5.97 Å². The number of nitrogens with zero attached hydrogens (tertiary/aromatic N) is 2. The van der Waals surface area contributed by atoms with Crippen LogP contribution in [0.15, 0.2) is 5.29 Å². The van der Waals surface area contributed by atoms with Crippen LogP contribution < -0.4 is 0 Å². The summed E-state index contributed by atoms with van der Waals surface area (Å²) >= 11 is 0. The normalized spacial score (nSPS) is 11.9. The van der Waals surface area contributed by atoms with Crippen LogP contribution in [0.5, 0.6) is 0 Å². The Labute approximate surface area is 78.0 Å². The van der Waals surface area contributed by atoms with Crippen molar-refractivity contribution in [2.75, 3.05) is 6.54 Å². The molecule has 76 valence electrons. The zero-order valence-electron chi connectivity index (χ0n) is 8.32. The Bertz CT molecular complexity index is 173. The largest absolute Gasteiger partial charge is 0.440 e. The van der Waals surface area contributed by atoms with Crippen molar-refractivity contribution in [1.82, 2.24) is 5.01 Å². The summed E-state index contributed by atoms with van der Waals surface area (Å²) in [6.45, 7) is 5.59. The summed E-state index contributed by atoms with van der Waals surface area (Å²) in [6, 6.07) is 0. The summed E-state index contributed by atoms with van der Waals surface area (Å²) in [6.07, 6.45) is 0.837. The molecule has 0 aliphatic heterocycles. The average Bonchev–Trinajstić information content (AvgIpc) is 2.10. The highest BCUT2D eigenvalue weighted by Gasteiger charge is 2.17. The highest BCUT2D eigenvalue weighted by atomic mass is 16.6. The molecule has 0 amide bonds. The van der Waals surface area contributed by atoms with E-state index in [-0.39, 0.29) is 0 Å². The molecule has 1 unspecified atom stereocenters. The van der Waals surface area contributed by atoms with E-state index in [1.165, 1.54) is 11.9 Å². The lowest BCUT2D eigenvalue weighted by Crippen LogP contribution is -2.34. The monoisotopic (exact) mass is 188 g/mol. The smallest absolute Gasteiger partial charge is 0.304 e. The first-order valence-electron chi connectivity index (χ1n) is 4.42. The van der Waals surface area contributed by atoms with Crippen LogP contribution in [0.2, 0.25) is 0 Å². The number of hydrogen-bond donors (Lipinski definition) is 0. The molecule has 5 heteroatoms. The van der Waals surface area contributed by atoms with Crippen LogP contribution in [0, 0.1) is 4.91 Å². The minimum Gasteiger partial charge on any atom is -0.440 e. The highest BCUT2D eigenvalue weighted by molar-refractivity contribution is 5.66. The van der Waals surface area contributed by atoms with Crippen LogP contribution in [0.1, 0.15) is 33.6 Å². The fourth-order valence-corrected chi connectivity index (χ4v) is 1.01. The maximum absolute atomic E-state index is 10.6. The quantitative estimate of drug-likeness (QED) is 0.275. The van der Waals surface area contributed by atoms with Crippen molar-refractivity contribution in [2.24, 2.45) is 5.29 Å². The van der Waals surface area contributed by atoms with Gasteiger partial charge >= 0.3 is 5.97 Å². The van der Waals surface area contributed by atoms with Crippen molar-refractivity contribution in [3.8, 4) is 0 Å². The predicted octanol–water partition coefficient (Wildman–Crippen LogP) is 1.68. The van der Waals surface area contributed by atoms with Gasteiger partial charge in [-0.3, -0.25) is 4.79 Å². The topological polar surface area (TPSA) is 59.0 Å². The standard InChI is InChI=1S/C8H16N2O3/c1-4-6-10(9-12)8(5-2)13-7(3)11/h8H,4-6H2,1-3H3. The minimum atomic E-state index is -0.519. The molecule has 0 aromatic carbocycles. The number of nitroso groups, excluding NO2 is 1. The number of esters is 1. The van der Waals surface area contributed by atoms with E-state index in [0.29, 0.717) is 13.0 Å². The van der Waals surface area contributed by atoms with E-state index in [1.54, 1.807) is 0 Å². The van der Waals surface area contributed by atoms with Crippen LogP contribution in [0.3, 0.4) is 0 Å². The lowest BCUT2D eigenvalue weighted by atomic mass is 10.3. The molecule has 0 aliphatic carbocycles. The molecule has 0 saturated carbocycles. The maximum atomic E-state index is 10.6. The number of hydrogen-bond acceptors (Lipinski definition) is 4. The molecule has 0 aliphatic rings. The van der Waals surface area contributed by atoms with Gasteiger partial charge < -0.3 is 4.74 Å². The van der Waals surface area contributed by atoms with E-state index >= 15 is 0 Å². The molecule has 0 radical (unpaired) electrons. The Morgan fingerprint density at radius 2 is 2.15 bits per heavy atom. The van der Waals surface area contributed by atoms with Gasteiger partial charge in [0.05, 0.1) is 5.29 Å². The third kappa shape index (κ3) is 4.45. The van der Waals surface area contributed by atoms with Crippen LogP contribution in [-0.2, 0) is 9.53 Å². The summed E-state index contributed by atoms with van der Waals surface area (Å²) in [4.78, 5) is 21.0. The van der Waals surface area contributed by atoms with Crippen molar-refractivity contribution in [3.05, 3.63) is 4.91 Å². The third-order valence-electron chi connectivity index (χ3n) is 1.54. The van der Waals surface area contributed by atoms with E-state index < -0.39 is 12.2 Å².